The molecule has 3 N–H and O–H groups in total. The largest absolute Gasteiger partial charge is 0.492 e. The van der Waals surface area contributed by atoms with Gasteiger partial charge in [0.05, 0.1) is 18.9 Å². The SMILES string of the molecule is CN(C)CCOc1ccnc(-c2nccc3c(N)nc(Nc4ccc(N5CCOCC5)cc4)nc23)c1. The summed E-state index contributed by atoms with van der Waals surface area (Å²) in [5.74, 6) is 1.49. The summed E-state index contributed by atoms with van der Waals surface area (Å²) in [5, 5.41) is 3.99. The van der Waals surface area contributed by atoms with Crippen molar-refractivity contribution in [3.63, 3.8) is 0 Å². The number of morpholine rings is 1. The molecule has 1 aliphatic rings. The predicted octanol–water partition coefficient (Wildman–Crippen LogP) is 3.19. The van der Waals surface area contributed by atoms with Crippen LogP contribution in [-0.2, 0) is 4.74 Å². The van der Waals surface area contributed by atoms with E-state index < -0.39 is 0 Å². The van der Waals surface area contributed by atoms with Gasteiger partial charge in [0.25, 0.3) is 0 Å². The zero-order chi connectivity index (χ0) is 24.9. The molecule has 186 valence electrons. The van der Waals surface area contributed by atoms with Crippen LogP contribution >= 0.6 is 0 Å². The second-order valence-corrected chi connectivity index (χ2v) is 8.79. The lowest BCUT2D eigenvalue weighted by molar-refractivity contribution is 0.122. The Hall–Kier alpha value is -4.02. The zero-order valence-corrected chi connectivity index (χ0v) is 20.5. The van der Waals surface area contributed by atoms with Gasteiger partial charge in [-0.25, -0.2) is 4.98 Å². The van der Waals surface area contributed by atoms with Crippen molar-refractivity contribution in [2.45, 2.75) is 0 Å². The second-order valence-electron chi connectivity index (χ2n) is 8.79. The number of likely N-dealkylation sites (N-methyl/N-ethyl adjacent to an activating group) is 1. The smallest absolute Gasteiger partial charge is 0.229 e. The number of nitrogens with one attached hydrogen (secondary N) is 1. The van der Waals surface area contributed by atoms with Crippen molar-refractivity contribution in [2.24, 2.45) is 0 Å². The molecule has 1 aliphatic heterocycles. The van der Waals surface area contributed by atoms with Gasteiger partial charge in [0, 0.05) is 54.9 Å². The van der Waals surface area contributed by atoms with E-state index in [1.165, 1.54) is 0 Å². The lowest BCUT2D eigenvalue weighted by atomic mass is 10.1. The van der Waals surface area contributed by atoms with E-state index in [4.69, 9.17) is 20.2 Å². The Morgan fingerprint density at radius 2 is 1.81 bits per heavy atom. The molecule has 10 nitrogen and oxygen atoms in total. The number of pyridine rings is 2. The van der Waals surface area contributed by atoms with Gasteiger partial charge < -0.3 is 30.3 Å². The van der Waals surface area contributed by atoms with Crippen molar-refractivity contribution >= 4 is 34.0 Å². The average molecular weight is 487 g/mol. The number of nitrogens with two attached hydrogens (primary N) is 1. The molecule has 0 saturated carbocycles. The number of nitrogens with zero attached hydrogens (tertiary/aromatic N) is 6. The quantitative estimate of drug-likeness (QED) is 0.385. The highest BCUT2D eigenvalue weighted by Crippen LogP contribution is 2.30. The van der Waals surface area contributed by atoms with Gasteiger partial charge in [0.1, 0.15) is 29.4 Å². The first-order chi connectivity index (χ1) is 17.6. The standard InChI is InChI=1S/C26H30N8O2/c1-33(2)11-16-36-20-7-9-28-22(17-20)24-23-21(8-10-29-24)25(27)32-26(31-23)30-18-3-5-19(6-4-18)34-12-14-35-15-13-34/h3-10,17H,11-16H2,1-2H3,(H3,27,30,31,32). The van der Waals surface area contributed by atoms with Crippen molar-refractivity contribution in [1.29, 1.82) is 0 Å². The molecule has 5 rings (SSSR count). The number of nitrogen functional groups attached to an aromatic ring is 1. The fourth-order valence-electron chi connectivity index (χ4n) is 4.01. The van der Waals surface area contributed by atoms with Crippen molar-refractivity contribution in [3.8, 4) is 17.1 Å². The van der Waals surface area contributed by atoms with E-state index in [9.17, 15) is 0 Å². The molecule has 0 atom stereocenters. The van der Waals surface area contributed by atoms with Crippen LogP contribution < -0.4 is 20.7 Å². The highest BCUT2D eigenvalue weighted by molar-refractivity contribution is 5.97. The maximum Gasteiger partial charge on any atom is 0.229 e. The lowest BCUT2D eigenvalue weighted by Crippen LogP contribution is -2.36. The summed E-state index contributed by atoms with van der Waals surface area (Å²) in [6.45, 7) is 4.68. The number of aromatic nitrogens is 4. The third-order valence-corrected chi connectivity index (χ3v) is 5.93. The average Bonchev–Trinajstić information content (AvgIpc) is 2.89. The van der Waals surface area contributed by atoms with Crippen molar-refractivity contribution in [3.05, 3.63) is 54.9 Å². The third kappa shape index (κ3) is 5.45. The molecule has 0 amide bonds. The normalized spacial score (nSPS) is 13.8. The molecule has 0 unspecified atom stereocenters. The molecule has 4 heterocycles. The summed E-state index contributed by atoms with van der Waals surface area (Å²) >= 11 is 0. The van der Waals surface area contributed by atoms with Gasteiger partial charge in [-0.15, -0.1) is 0 Å². The van der Waals surface area contributed by atoms with Crippen LogP contribution in [0.15, 0.2) is 54.9 Å². The fourth-order valence-corrected chi connectivity index (χ4v) is 4.01. The van der Waals surface area contributed by atoms with E-state index in [0.29, 0.717) is 40.7 Å². The molecule has 1 aromatic carbocycles. The number of ether oxygens (including phenoxy) is 2. The number of fused-ring (bicyclic) bond motifs is 1. The number of hydrogen-bond donors (Lipinski definition) is 2. The predicted molar refractivity (Wildman–Crippen MR) is 142 cm³/mol. The van der Waals surface area contributed by atoms with Gasteiger partial charge in [-0.2, -0.15) is 4.98 Å². The fraction of sp³-hybridized carbons (Fsp3) is 0.308. The molecule has 36 heavy (non-hydrogen) atoms. The highest BCUT2D eigenvalue weighted by Gasteiger charge is 2.15. The molecular weight excluding hydrogens is 456 g/mol. The van der Waals surface area contributed by atoms with Gasteiger partial charge in [0.2, 0.25) is 5.95 Å². The van der Waals surface area contributed by atoms with E-state index in [1.54, 1.807) is 12.4 Å². The van der Waals surface area contributed by atoms with Crippen LogP contribution in [0, 0.1) is 0 Å². The first-order valence-corrected chi connectivity index (χ1v) is 11.9. The number of benzene rings is 1. The summed E-state index contributed by atoms with van der Waals surface area (Å²) in [4.78, 5) is 22.7. The lowest BCUT2D eigenvalue weighted by Gasteiger charge is -2.28. The van der Waals surface area contributed by atoms with Crippen LogP contribution in [0.2, 0.25) is 0 Å². The molecule has 4 aromatic rings. The molecule has 0 radical (unpaired) electrons. The van der Waals surface area contributed by atoms with E-state index in [0.717, 1.165) is 50.0 Å². The Labute approximate surface area is 210 Å². The Morgan fingerprint density at radius 1 is 1.03 bits per heavy atom. The number of anilines is 4. The van der Waals surface area contributed by atoms with E-state index in [-0.39, 0.29) is 0 Å². The Kier molecular flexibility index (Phi) is 7.06. The van der Waals surface area contributed by atoms with Crippen molar-refractivity contribution in [1.82, 2.24) is 24.8 Å². The Morgan fingerprint density at radius 3 is 2.58 bits per heavy atom. The summed E-state index contributed by atoms with van der Waals surface area (Å²) in [5.41, 5.74) is 10.2. The first-order valence-electron chi connectivity index (χ1n) is 11.9. The van der Waals surface area contributed by atoms with Crippen molar-refractivity contribution < 1.29 is 9.47 Å². The number of hydrogen-bond acceptors (Lipinski definition) is 10. The first kappa shape index (κ1) is 23.7. The van der Waals surface area contributed by atoms with Crippen LogP contribution in [0.4, 0.5) is 23.1 Å². The molecule has 3 aromatic heterocycles. The third-order valence-electron chi connectivity index (χ3n) is 5.93. The maximum absolute atomic E-state index is 6.32. The van der Waals surface area contributed by atoms with Crippen molar-refractivity contribution in [2.75, 3.05) is 69.5 Å². The Bertz CT molecular complexity index is 1320. The van der Waals surface area contributed by atoms with Gasteiger partial charge in [-0.05, 0) is 50.5 Å². The molecule has 10 heteroatoms. The topological polar surface area (TPSA) is 115 Å². The second kappa shape index (κ2) is 10.7. The molecular formula is C26H30N8O2. The monoisotopic (exact) mass is 486 g/mol. The van der Waals surface area contributed by atoms with E-state index >= 15 is 0 Å². The molecule has 0 aliphatic carbocycles. The van der Waals surface area contributed by atoms with Gasteiger partial charge >= 0.3 is 0 Å². The molecule has 0 spiro atoms. The minimum atomic E-state index is 0.370. The highest BCUT2D eigenvalue weighted by atomic mass is 16.5. The van der Waals surface area contributed by atoms with Crippen LogP contribution in [0.3, 0.4) is 0 Å². The van der Waals surface area contributed by atoms with Gasteiger partial charge in [0.15, 0.2) is 0 Å². The summed E-state index contributed by atoms with van der Waals surface area (Å²) < 4.78 is 11.3. The number of rotatable bonds is 8. The van der Waals surface area contributed by atoms with Crippen LogP contribution in [-0.4, -0.2) is 78.4 Å². The summed E-state index contributed by atoms with van der Waals surface area (Å²) in [6, 6.07) is 13.7. The maximum atomic E-state index is 6.32. The van der Waals surface area contributed by atoms with E-state index in [2.05, 4.69) is 42.2 Å². The van der Waals surface area contributed by atoms with Gasteiger partial charge in [-0.3, -0.25) is 9.97 Å². The van der Waals surface area contributed by atoms with Crippen LogP contribution in [0.25, 0.3) is 22.3 Å². The van der Waals surface area contributed by atoms with Gasteiger partial charge in [-0.1, -0.05) is 0 Å². The summed E-state index contributed by atoms with van der Waals surface area (Å²) in [6.07, 6.45) is 3.40. The minimum absolute atomic E-state index is 0.370. The summed E-state index contributed by atoms with van der Waals surface area (Å²) in [7, 11) is 4.02. The molecule has 1 fully saturated rings. The molecule has 1 saturated heterocycles. The van der Waals surface area contributed by atoms with Crippen LogP contribution in [0.5, 0.6) is 5.75 Å². The zero-order valence-electron chi connectivity index (χ0n) is 20.5. The van der Waals surface area contributed by atoms with Crippen LogP contribution in [0.1, 0.15) is 0 Å². The Balaban J connectivity index is 1.41. The van der Waals surface area contributed by atoms with E-state index in [1.807, 2.05) is 44.4 Å². The minimum Gasteiger partial charge on any atom is -0.492 e. The molecule has 0 bridgehead atoms.